The van der Waals surface area contributed by atoms with E-state index in [1.165, 1.54) is 17.7 Å². The first-order chi connectivity index (χ1) is 7.66. The minimum atomic E-state index is 0.394. The molecular weight excluding hydrogens is 200 g/mol. The van der Waals surface area contributed by atoms with E-state index in [4.69, 9.17) is 0 Å². The summed E-state index contributed by atoms with van der Waals surface area (Å²) in [6, 6.07) is 1.97. The van der Waals surface area contributed by atoms with Gasteiger partial charge in [-0.3, -0.25) is 10.2 Å². The van der Waals surface area contributed by atoms with Gasteiger partial charge in [-0.15, -0.1) is 0 Å². The van der Waals surface area contributed by atoms with Crippen LogP contribution < -0.4 is 0 Å². The molecule has 4 heteroatoms. The summed E-state index contributed by atoms with van der Waals surface area (Å²) >= 11 is 0. The van der Waals surface area contributed by atoms with Crippen molar-refractivity contribution in [2.24, 2.45) is 5.41 Å². The Bertz CT molecular complexity index is 493. The van der Waals surface area contributed by atoms with Crippen molar-refractivity contribution in [3.63, 3.8) is 0 Å². The van der Waals surface area contributed by atoms with Crippen molar-refractivity contribution < 1.29 is 0 Å². The van der Waals surface area contributed by atoms with E-state index >= 15 is 0 Å². The number of fused-ring (bicyclic) bond motifs is 1. The van der Waals surface area contributed by atoms with Crippen LogP contribution in [-0.4, -0.2) is 20.4 Å². The number of rotatable bonds is 1. The van der Waals surface area contributed by atoms with Crippen molar-refractivity contribution in [3.8, 4) is 11.4 Å². The summed E-state index contributed by atoms with van der Waals surface area (Å²) in [6.07, 6.45) is 5.18. The number of aromatic nitrogens is 4. The molecule has 2 aromatic heterocycles. The van der Waals surface area contributed by atoms with Crippen molar-refractivity contribution in [1.29, 1.82) is 0 Å². The summed E-state index contributed by atoms with van der Waals surface area (Å²) in [5.74, 6) is 0. The summed E-state index contributed by atoms with van der Waals surface area (Å²) in [4.78, 5) is 0. The normalized spacial score (nSPS) is 18.4. The first-order valence-corrected chi connectivity index (χ1v) is 5.72. The molecule has 0 amide bonds. The van der Waals surface area contributed by atoms with E-state index in [9.17, 15) is 0 Å². The van der Waals surface area contributed by atoms with Gasteiger partial charge in [0.05, 0.1) is 5.69 Å². The van der Waals surface area contributed by atoms with Crippen LogP contribution in [0.2, 0.25) is 0 Å². The van der Waals surface area contributed by atoms with Gasteiger partial charge in [-0.1, -0.05) is 13.8 Å². The Hall–Kier alpha value is -1.58. The molecule has 4 nitrogen and oxygen atoms in total. The quantitative estimate of drug-likeness (QED) is 0.768. The van der Waals surface area contributed by atoms with Gasteiger partial charge in [0.2, 0.25) is 0 Å². The molecule has 0 fully saturated rings. The van der Waals surface area contributed by atoms with E-state index < -0.39 is 0 Å². The molecule has 16 heavy (non-hydrogen) atoms. The molecule has 0 saturated heterocycles. The summed E-state index contributed by atoms with van der Waals surface area (Å²) < 4.78 is 0. The Morgan fingerprint density at radius 2 is 2.19 bits per heavy atom. The van der Waals surface area contributed by atoms with Crippen LogP contribution in [0.3, 0.4) is 0 Å². The molecule has 1 aliphatic rings. The topological polar surface area (TPSA) is 57.4 Å². The molecule has 0 saturated carbocycles. The minimum Gasteiger partial charge on any atom is -0.282 e. The van der Waals surface area contributed by atoms with Crippen LogP contribution in [0.1, 0.15) is 31.5 Å². The molecule has 0 unspecified atom stereocenters. The maximum Gasteiger partial charge on any atom is 0.113 e. The van der Waals surface area contributed by atoms with Crippen LogP contribution in [0.15, 0.2) is 12.3 Å². The van der Waals surface area contributed by atoms with Gasteiger partial charge in [0.15, 0.2) is 0 Å². The first-order valence-electron chi connectivity index (χ1n) is 5.72. The fourth-order valence-electron chi connectivity index (χ4n) is 2.46. The van der Waals surface area contributed by atoms with Crippen LogP contribution >= 0.6 is 0 Å². The molecule has 0 spiro atoms. The predicted octanol–water partition coefficient (Wildman–Crippen LogP) is 2.31. The fourth-order valence-corrected chi connectivity index (χ4v) is 2.46. The van der Waals surface area contributed by atoms with Crippen molar-refractivity contribution in [2.75, 3.05) is 0 Å². The molecule has 0 radical (unpaired) electrons. The third kappa shape index (κ3) is 1.45. The number of H-pyrrole nitrogens is 2. The summed E-state index contributed by atoms with van der Waals surface area (Å²) in [5, 5.41) is 14.5. The SMILES string of the molecule is CC1(C)CCc2c(-c3ccn[nH]3)n[nH]c2C1. The number of aromatic amines is 2. The monoisotopic (exact) mass is 216 g/mol. The van der Waals surface area contributed by atoms with E-state index in [-0.39, 0.29) is 0 Å². The van der Waals surface area contributed by atoms with Crippen LogP contribution in [0.25, 0.3) is 11.4 Å². The average molecular weight is 216 g/mol. The van der Waals surface area contributed by atoms with Crippen molar-refractivity contribution in [2.45, 2.75) is 33.1 Å². The van der Waals surface area contributed by atoms with E-state index in [0.717, 1.165) is 24.2 Å². The van der Waals surface area contributed by atoms with Crippen LogP contribution in [0, 0.1) is 5.41 Å². The Kier molecular flexibility index (Phi) is 1.93. The number of hydrogen-bond donors (Lipinski definition) is 2. The highest BCUT2D eigenvalue weighted by Crippen LogP contribution is 2.37. The zero-order chi connectivity index (χ0) is 11.2. The van der Waals surface area contributed by atoms with Gasteiger partial charge in [-0.25, -0.2) is 0 Å². The highest BCUT2D eigenvalue weighted by atomic mass is 15.2. The second kappa shape index (κ2) is 3.20. The zero-order valence-electron chi connectivity index (χ0n) is 9.67. The van der Waals surface area contributed by atoms with E-state index in [2.05, 4.69) is 34.2 Å². The molecule has 0 aromatic carbocycles. The molecule has 0 atom stereocenters. The van der Waals surface area contributed by atoms with Gasteiger partial charge in [-0.05, 0) is 30.7 Å². The lowest BCUT2D eigenvalue weighted by Crippen LogP contribution is -2.21. The second-order valence-electron chi connectivity index (χ2n) is 5.34. The zero-order valence-corrected chi connectivity index (χ0v) is 9.67. The molecule has 1 aliphatic carbocycles. The number of nitrogens with zero attached hydrogens (tertiary/aromatic N) is 2. The number of hydrogen-bond acceptors (Lipinski definition) is 2. The fraction of sp³-hybridized carbons (Fsp3) is 0.500. The number of nitrogens with one attached hydrogen (secondary N) is 2. The van der Waals surface area contributed by atoms with Crippen LogP contribution in [0.5, 0.6) is 0 Å². The van der Waals surface area contributed by atoms with Gasteiger partial charge < -0.3 is 0 Å². The van der Waals surface area contributed by atoms with Crippen LogP contribution in [0.4, 0.5) is 0 Å². The standard InChI is InChI=1S/C12H16N4/c1-12(2)5-3-8-10(7-12)15-16-11(8)9-4-6-13-14-9/h4,6H,3,5,7H2,1-2H3,(H,13,14)(H,15,16). The third-order valence-electron chi connectivity index (χ3n) is 3.42. The molecule has 2 aromatic rings. The van der Waals surface area contributed by atoms with E-state index in [1.807, 2.05) is 6.07 Å². The van der Waals surface area contributed by atoms with E-state index in [0.29, 0.717) is 5.41 Å². The van der Waals surface area contributed by atoms with Crippen molar-refractivity contribution in [1.82, 2.24) is 20.4 Å². The van der Waals surface area contributed by atoms with Crippen molar-refractivity contribution >= 4 is 0 Å². The molecule has 0 aliphatic heterocycles. The lowest BCUT2D eigenvalue weighted by atomic mass is 9.76. The summed E-state index contributed by atoms with van der Waals surface area (Å²) in [6.45, 7) is 4.62. The molecule has 2 heterocycles. The van der Waals surface area contributed by atoms with Crippen molar-refractivity contribution in [3.05, 3.63) is 23.5 Å². The molecule has 3 rings (SSSR count). The largest absolute Gasteiger partial charge is 0.282 e. The maximum absolute atomic E-state index is 4.41. The second-order valence-corrected chi connectivity index (χ2v) is 5.34. The summed E-state index contributed by atoms with van der Waals surface area (Å²) in [7, 11) is 0. The lowest BCUT2D eigenvalue weighted by molar-refractivity contribution is 0.312. The first kappa shape index (κ1) is 9.63. The minimum absolute atomic E-state index is 0.394. The van der Waals surface area contributed by atoms with Gasteiger partial charge in [-0.2, -0.15) is 10.2 Å². The Morgan fingerprint density at radius 1 is 1.31 bits per heavy atom. The van der Waals surface area contributed by atoms with Gasteiger partial charge >= 0.3 is 0 Å². The Morgan fingerprint density at radius 3 is 2.94 bits per heavy atom. The Labute approximate surface area is 94.5 Å². The molecule has 84 valence electrons. The maximum atomic E-state index is 4.41. The third-order valence-corrected chi connectivity index (χ3v) is 3.42. The molecule has 2 N–H and O–H groups in total. The smallest absolute Gasteiger partial charge is 0.113 e. The highest BCUT2D eigenvalue weighted by molar-refractivity contribution is 5.60. The average Bonchev–Trinajstić information content (AvgIpc) is 2.82. The summed E-state index contributed by atoms with van der Waals surface area (Å²) in [5.41, 5.74) is 5.11. The highest BCUT2D eigenvalue weighted by Gasteiger charge is 2.29. The van der Waals surface area contributed by atoms with E-state index in [1.54, 1.807) is 6.20 Å². The molecular formula is C12H16N4. The molecule has 0 bridgehead atoms. The van der Waals surface area contributed by atoms with Gasteiger partial charge in [0, 0.05) is 17.5 Å². The van der Waals surface area contributed by atoms with Gasteiger partial charge in [0.1, 0.15) is 5.69 Å². The van der Waals surface area contributed by atoms with Crippen LogP contribution in [-0.2, 0) is 12.8 Å². The predicted molar refractivity (Wildman–Crippen MR) is 62.0 cm³/mol. The Balaban J connectivity index is 2.03. The van der Waals surface area contributed by atoms with Gasteiger partial charge in [0.25, 0.3) is 0 Å². The lowest BCUT2D eigenvalue weighted by Gasteiger charge is -2.28.